The highest BCUT2D eigenvalue weighted by atomic mass is 32.1. The van der Waals surface area contributed by atoms with Crippen LogP contribution in [0.15, 0.2) is 34.6 Å². The topological polar surface area (TPSA) is 79.2 Å². The van der Waals surface area contributed by atoms with E-state index >= 15 is 0 Å². The number of H-pyrrole nitrogens is 1. The largest absolute Gasteiger partial charge is 0.337 e. The number of carbonyl (C=O) groups is 1. The van der Waals surface area contributed by atoms with Crippen LogP contribution in [0.2, 0.25) is 0 Å². The molecule has 2 aromatic heterocycles. The molecule has 0 aromatic carbocycles. The van der Waals surface area contributed by atoms with Crippen molar-refractivity contribution in [3.8, 4) is 11.8 Å². The number of carbonyl (C=O) groups excluding carboxylic acids is 1. The second-order valence-electron chi connectivity index (χ2n) is 4.40. The summed E-state index contributed by atoms with van der Waals surface area (Å²) >= 11 is 1.51. The molecule has 1 amide bonds. The van der Waals surface area contributed by atoms with E-state index in [0.717, 1.165) is 10.4 Å². The first kappa shape index (κ1) is 15.0. The van der Waals surface area contributed by atoms with Gasteiger partial charge in [-0.15, -0.1) is 11.3 Å². The van der Waals surface area contributed by atoms with Gasteiger partial charge in [-0.25, -0.2) is 0 Å². The third kappa shape index (κ3) is 3.81. The van der Waals surface area contributed by atoms with Crippen LogP contribution in [0, 0.1) is 11.8 Å². The highest BCUT2D eigenvalue weighted by Gasteiger charge is 2.15. The molecule has 0 aliphatic carbocycles. The Labute approximate surface area is 126 Å². The molecule has 0 saturated carbocycles. The van der Waals surface area contributed by atoms with Crippen molar-refractivity contribution in [3.05, 3.63) is 56.1 Å². The molecule has 0 bridgehead atoms. The van der Waals surface area contributed by atoms with Gasteiger partial charge in [0.25, 0.3) is 11.5 Å². The van der Waals surface area contributed by atoms with Crippen molar-refractivity contribution in [1.82, 2.24) is 9.88 Å². The van der Waals surface area contributed by atoms with E-state index in [1.165, 1.54) is 28.5 Å². The summed E-state index contributed by atoms with van der Waals surface area (Å²) in [5, 5.41) is 1.94. The van der Waals surface area contributed by atoms with Crippen LogP contribution in [0.25, 0.3) is 0 Å². The van der Waals surface area contributed by atoms with E-state index in [2.05, 4.69) is 16.8 Å². The number of nitrogens with zero attached hydrogens (tertiary/aromatic N) is 1. The highest BCUT2D eigenvalue weighted by molar-refractivity contribution is 7.10. The Kier molecular flexibility index (Phi) is 4.93. The molecule has 0 radical (unpaired) electrons. The fraction of sp³-hybridized carbons (Fsp3) is 0.200. The molecule has 0 aliphatic rings. The van der Waals surface area contributed by atoms with Gasteiger partial charge in [0.1, 0.15) is 5.56 Å². The van der Waals surface area contributed by atoms with Gasteiger partial charge in [-0.3, -0.25) is 9.59 Å². The molecule has 0 saturated heterocycles. The Hall–Kier alpha value is -2.36. The van der Waals surface area contributed by atoms with Crippen LogP contribution >= 0.6 is 11.3 Å². The Bertz CT molecular complexity index is 752. The van der Waals surface area contributed by atoms with Crippen LogP contribution < -0.4 is 11.3 Å². The van der Waals surface area contributed by atoms with Gasteiger partial charge in [0.05, 0.1) is 11.4 Å². The number of rotatable bonds is 3. The van der Waals surface area contributed by atoms with Gasteiger partial charge in [0, 0.05) is 19.8 Å². The van der Waals surface area contributed by atoms with Crippen molar-refractivity contribution in [2.45, 2.75) is 6.54 Å². The minimum absolute atomic E-state index is 0.137. The number of pyridine rings is 1. The Balaban J connectivity index is 2.09. The van der Waals surface area contributed by atoms with Gasteiger partial charge in [-0.05, 0) is 29.1 Å². The van der Waals surface area contributed by atoms with Crippen molar-refractivity contribution < 1.29 is 4.79 Å². The number of nitrogens with one attached hydrogen (secondary N) is 1. The molecule has 0 fully saturated rings. The zero-order valence-electron chi connectivity index (χ0n) is 11.6. The number of hydrogen-bond acceptors (Lipinski definition) is 4. The van der Waals surface area contributed by atoms with E-state index in [4.69, 9.17) is 5.73 Å². The van der Waals surface area contributed by atoms with Gasteiger partial charge < -0.3 is 15.6 Å². The second kappa shape index (κ2) is 6.88. The smallest absolute Gasteiger partial charge is 0.260 e. The molecule has 3 N–H and O–H groups in total. The number of aromatic nitrogens is 1. The van der Waals surface area contributed by atoms with E-state index in [9.17, 15) is 9.59 Å². The fourth-order valence-electron chi connectivity index (χ4n) is 1.80. The van der Waals surface area contributed by atoms with Crippen LogP contribution in [-0.2, 0) is 6.54 Å². The summed E-state index contributed by atoms with van der Waals surface area (Å²) in [6.45, 7) is 0.746. The molecule has 0 aliphatic heterocycles. The van der Waals surface area contributed by atoms with Crippen LogP contribution in [0.5, 0.6) is 0 Å². The number of thiophene rings is 1. The SMILES string of the molecule is CN(Cc1csc(C#CCN)c1)C(=O)c1ccc[nH]c1=O. The van der Waals surface area contributed by atoms with Gasteiger partial charge >= 0.3 is 0 Å². The lowest BCUT2D eigenvalue weighted by molar-refractivity contribution is 0.0783. The van der Waals surface area contributed by atoms with Crippen LogP contribution in [0.4, 0.5) is 0 Å². The quantitative estimate of drug-likeness (QED) is 0.831. The molecule has 108 valence electrons. The summed E-state index contributed by atoms with van der Waals surface area (Å²) in [5.41, 5.74) is 6.06. The van der Waals surface area contributed by atoms with E-state index in [-0.39, 0.29) is 17.0 Å². The molecule has 21 heavy (non-hydrogen) atoms. The van der Waals surface area contributed by atoms with Crippen molar-refractivity contribution in [3.63, 3.8) is 0 Å². The maximum atomic E-state index is 12.2. The summed E-state index contributed by atoms with van der Waals surface area (Å²) in [7, 11) is 1.66. The Morgan fingerprint density at radius 1 is 1.52 bits per heavy atom. The maximum absolute atomic E-state index is 12.2. The van der Waals surface area contributed by atoms with Crippen molar-refractivity contribution in [2.24, 2.45) is 5.73 Å². The van der Waals surface area contributed by atoms with Gasteiger partial charge in [0.15, 0.2) is 0 Å². The molecule has 6 heteroatoms. The van der Waals surface area contributed by atoms with Crippen LogP contribution in [0.1, 0.15) is 20.8 Å². The van der Waals surface area contributed by atoms with E-state index < -0.39 is 0 Å². The van der Waals surface area contributed by atoms with E-state index in [1.807, 2.05) is 11.4 Å². The van der Waals surface area contributed by atoms with Gasteiger partial charge in [-0.1, -0.05) is 11.8 Å². The molecule has 2 heterocycles. The minimum atomic E-state index is -0.380. The average molecular weight is 301 g/mol. The fourth-order valence-corrected chi connectivity index (χ4v) is 2.57. The van der Waals surface area contributed by atoms with Crippen LogP contribution in [0.3, 0.4) is 0 Å². The molecular formula is C15H15N3O2S. The first-order valence-electron chi connectivity index (χ1n) is 6.31. The molecule has 2 rings (SSSR count). The monoisotopic (exact) mass is 301 g/mol. The summed E-state index contributed by atoms with van der Waals surface area (Å²) < 4.78 is 0. The number of aromatic amines is 1. The lowest BCUT2D eigenvalue weighted by atomic mass is 10.2. The predicted octanol–water partition coefficient (Wildman–Crippen LogP) is 1.02. The summed E-state index contributed by atoms with van der Waals surface area (Å²) in [4.78, 5) is 28.7. The maximum Gasteiger partial charge on any atom is 0.260 e. The second-order valence-corrected chi connectivity index (χ2v) is 5.31. The lowest BCUT2D eigenvalue weighted by Crippen LogP contribution is -2.30. The average Bonchev–Trinajstić information content (AvgIpc) is 2.92. The zero-order chi connectivity index (χ0) is 15.2. The minimum Gasteiger partial charge on any atom is -0.337 e. The molecular weight excluding hydrogens is 286 g/mol. The standard InChI is InChI=1S/C15H15N3O2S/c1-18(15(20)13-5-3-7-17-14(13)19)9-11-8-12(21-10-11)4-2-6-16/h3,5,7-8,10H,6,9,16H2,1H3,(H,17,19). The summed E-state index contributed by atoms with van der Waals surface area (Å²) in [6.07, 6.45) is 1.50. The molecule has 0 spiro atoms. The lowest BCUT2D eigenvalue weighted by Gasteiger charge is -2.15. The number of amides is 1. The summed E-state index contributed by atoms with van der Waals surface area (Å²) in [6, 6.07) is 5.07. The van der Waals surface area contributed by atoms with Gasteiger partial charge in [0.2, 0.25) is 0 Å². The number of nitrogens with two attached hydrogens (primary N) is 1. The van der Waals surface area contributed by atoms with Crippen molar-refractivity contribution in [1.29, 1.82) is 0 Å². The Morgan fingerprint density at radius 2 is 2.33 bits per heavy atom. The first-order chi connectivity index (χ1) is 10.1. The van der Waals surface area contributed by atoms with E-state index in [1.54, 1.807) is 13.1 Å². The highest BCUT2D eigenvalue weighted by Crippen LogP contribution is 2.15. The third-order valence-electron chi connectivity index (χ3n) is 2.78. The predicted molar refractivity (Wildman–Crippen MR) is 83.1 cm³/mol. The third-order valence-corrected chi connectivity index (χ3v) is 3.68. The molecule has 5 nitrogen and oxygen atoms in total. The molecule has 0 atom stereocenters. The molecule has 2 aromatic rings. The number of hydrogen-bond donors (Lipinski definition) is 2. The Morgan fingerprint density at radius 3 is 3.05 bits per heavy atom. The van der Waals surface area contributed by atoms with E-state index in [0.29, 0.717) is 13.1 Å². The zero-order valence-corrected chi connectivity index (χ0v) is 12.4. The summed E-state index contributed by atoms with van der Waals surface area (Å²) in [5.74, 6) is 5.43. The van der Waals surface area contributed by atoms with Crippen LogP contribution in [-0.4, -0.2) is 29.4 Å². The van der Waals surface area contributed by atoms with Crippen molar-refractivity contribution >= 4 is 17.2 Å². The first-order valence-corrected chi connectivity index (χ1v) is 7.19. The molecule has 0 unspecified atom stereocenters. The van der Waals surface area contributed by atoms with Gasteiger partial charge in [-0.2, -0.15) is 0 Å². The normalized spacial score (nSPS) is 9.81. The van der Waals surface area contributed by atoms with Crippen molar-refractivity contribution in [2.75, 3.05) is 13.6 Å².